The standard InChI is InChI=1S/C12H13Cl2N3/c1-2-7-6-10(15)16-17-12(7)11-8(13)4-3-5-9(11)14/h3-5,7H,2,6H2,1H3,(H2,15,16). The number of rotatable bonds is 2. The van der Waals surface area contributed by atoms with Crippen molar-refractivity contribution >= 4 is 34.7 Å². The third kappa shape index (κ3) is 2.45. The van der Waals surface area contributed by atoms with Gasteiger partial charge in [-0.3, -0.25) is 0 Å². The molecule has 5 heteroatoms. The van der Waals surface area contributed by atoms with Gasteiger partial charge >= 0.3 is 0 Å². The molecular weight excluding hydrogens is 257 g/mol. The zero-order valence-corrected chi connectivity index (χ0v) is 11.0. The third-order valence-electron chi connectivity index (χ3n) is 2.84. The fraction of sp³-hybridized carbons (Fsp3) is 0.333. The molecule has 1 aliphatic rings. The number of nitrogens with two attached hydrogens (primary N) is 1. The molecule has 0 bridgehead atoms. The smallest absolute Gasteiger partial charge is 0.123 e. The molecule has 2 rings (SSSR count). The first kappa shape index (κ1) is 12.4. The Bertz CT molecular complexity index is 474. The van der Waals surface area contributed by atoms with Crippen LogP contribution in [0, 0.1) is 5.92 Å². The molecule has 1 aliphatic heterocycles. The molecule has 17 heavy (non-hydrogen) atoms. The molecule has 1 atom stereocenters. The minimum Gasteiger partial charge on any atom is -0.386 e. The molecular formula is C12H13Cl2N3. The van der Waals surface area contributed by atoms with Gasteiger partial charge in [0.25, 0.3) is 0 Å². The average molecular weight is 270 g/mol. The molecule has 0 amide bonds. The molecule has 1 aromatic rings. The second-order valence-corrected chi connectivity index (χ2v) is 4.80. The molecule has 0 spiro atoms. The van der Waals surface area contributed by atoms with Gasteiger partial charge in [0.05, 0.1) is 15.8 Å². The van der Waals surface area contributed by atoms with Crippen LogP contribution < -0.4 is 5.73 Å². The van der Waals surface area contributed by atoms with Crippen LogP contribution in [-0.4, -0.2) is 11.5 Å². The number of halogens is 2. The van der Waals surface area contributed by atoms with Crippen LogP contribution in [0.5, 0.6) is 0 Å². The summed E-state index contributed by atoms with van der Waals surface area (Å²) < 4.78 is 0. The van der Waals surface area contributed by atoms with Crippen molar-refractivity contribution in [1.29, 1.82) is 0 Å². The van der Waals surface area contributed by atoms with Crippen molar-refractivity contribution in [2.24, 2.45) is 21.9 Å². The molecule has 1 unspecified atom stereocenters. The van der Waals surface area contributed by atoms with Crippen LogP contribution in [0.2, 0.25) is 10.0 Å². The topological polar surface area (TPSA) is 50.7 Å². The number of hydrogen-bond donors (Lipinski definition) is 1. The Balaban J connectivity index is 2.52. The van der Waals surface area contributed by atoms with E-state index in [1.807, 2.05) is 6.07 Å². The largest absolute Gasteiger partial charge is 0.386 e. The van der Waals surface area contributed by atoms with E-state index in [4.69, 9.17) is 28.9 Å². The highest BCUT2D eigenvalue weighted by molar-refractivity contribution is 6.40. The molecule has 0 radical (unpaired) electrons. The van der Waals surface area contributed by atoms with Gasteiger partial charge in [0.2, 0.25) is 0 Å². The van der Waals surface area contributed by atoms with Crippen LogP contribution in [0.4, 0.5) is 0 Å². The van der Waals surface area contributed by atoms with Gasteiger partial charge in [0.1, 0.15) is 5.84 Å². The van der Waals surface area contributed by atoms with Crippen molar-refractivity contribution in [1.82, 2.24) is 0 Å². The Morgan fingerprint density at radius 1 is 1.29 bits per heavy atom. The summed E-state index contributed by atoms with van der Waals surface area (Å²) in [5, 5.41) is 9.30. The van der Waals surface area contributed by atoms with E-state index in [-0.39, 0.29) is 5.92 Å². The third-order valence-corrected chi connectivity index (χ3v) is 3.47. The van der Waals surface area contributed by atoms with E-state index in [2.05, 4.69) is 17.1 Å². The Hall–Kier alpha value is -1.06. The monoisotopic (exact) mass is 269 g/mol. The van der Waals surface area contributed by atoms with E-state index in [9.17, 15) is 0 Å². The van der Waals surface area contributed by atoms with Gasteiger partial charge in [-0.05, 0) is 18.6 Å². The number of nitrogens with zero attached hydrogens (tertiary/aromatic N) is 2. The van der Waals surface area contributed by atoms with E-state index in [0.717, 1.165) is 17.7 Å². The van der Waals surface area contributed by atoms with Crippen LogP contribution >= 0.6 is 23.2 Å². The van der Waals surface area contributed by atoms with Gasteiger partial charge in [0.15, 0.2) is 0 Å². The van der Waals surface area contributed by atoms with E-state index >= 15 is 0 Å². The summed E-state index contributed by atoms with van der Waals surface area (Å²) in [6, 6.07) is 5.43. The fourth-order valence-corrected chi connectivity index (χ4v) is 2.52. The number of amidine groups is 1. The normalized spacial score (nSPS) is 19.8. The molecule has 0 fully saturated rings. The molecule has 1 aromatic carbocycles. The van der Waals surface area contributed by atoms with Crippen LogP contribution in [0.1, 0.15) is 25.3 Å². The zero-order chi connectivity index (χ0) is 12.4. The van der Waals surface area contributed by atoms with E-state index in [0.29, 0.717) is 22.3 Å². The van der Waals surface area contributed by atoms with Gasteiger partial charge < -0.3 is 5.73 Å². The van der Waals surface area contributed by atoms with Crippen molar-refractivity contribution in [3.8, 4) is 0 Å². The van der Waals surface area contributed by atoms with Gasteiger partial charge in [-0.2, -0.15) is 5.10 Å². The fourth-order valence-electron chi connectivity index (χ4n) is 1.92. The van der Waals surface area contributed by atoms with Crippen molar-refractivity contribution in [2.45, 2.75) is 19.8 Å². The molecule has 0 aromatic heterocycles. The maximum atomic E-state index is 6.18. The molecule has 0 aliphatic carbocycles. The van der Waals surface area contributed by atoms with Gasteiger partial charge in [-0.1, -0.05) is 36.2 Å². The molecule has 1 heterocycles. The van der Waals surface area contributed by atoms with Gasteiger partial charge in [-0.15, -0.1) is 5.10 Å². The van der Waals surface area contributed by atoms with Gasteiger partial charge in [-0.25, -0.2) is 0 Å². The van der Waals surface area contributed by atoms with E-state index < -0.39 is 0 Å². The lowest BCUT2D eigenvalue weighted by atomic mass is 9.90. The molecule has 90 valence electrons. The Labute approximate surface area is 110 Å². The number of benzene rings is 1. The first-order chi connectivity index (χ1) is 8.13. The van der Waals surface area contributed by atoms with Crippen LogP contribution in [0.3, 0.4) is 0 Å². The minimum atomic E-state index is 0.227. The van der Waals surface area contributed by atoms with Crippen molar-refractivity contribution < 1.29 is 0 Å². The average Bonchev–Trinajstić information content (AvgIpc) is 2.30. The quantitative estimate of drug-likeness (QED) is 0.878. The van der Waals surface area contributed by atoms with E-state index in [1.165, 1.54) is 0 Å². The summed E-state index contributed by atoms with van der Waals surface area (Å²) in [5.41, 5.74) is 7.30. The summed E-state index contributed by atoms with van der Waals surface area (Å²) in [6.07, 6.45) is 1.63. The lowest BCUT2D eigenvalue weighted by Crippen LogP contribution is -2.27. The lowest BCUT2D eigenvalue weighted by Gasteiger charge is -2.21. The second-order valence-electron chi connectivity index (χ2n) is 3.98. The maximum absolute atomic E-state index is 6.18. The number of hydrogen-bond acceptors (Lipinski definition) is 3. The van der Waals surface area contributed by atoms with Gasteiger partial charge in [0, 0.05) is 17.9 Å². The Morgan fingerprint density at radius 2 is 1.94 bits per heavy atom. The zero-order valence-electron chi connectivity index (χ0n) is 9.45. The summed E-state index contributed by atoms with van der Waals surface area (Å²) in [7, 11) is 0. The molecule has 3 nitrogen and oxygen atoms in total. The predicted molar refractivity (Wildman–Crippen MR) is 73.0 cm³/mol. The molecule has 2 N–H and O–H groups in total. The molecule has 0 saturated heterocycles. The molecule has 0 saturated carbocycles. The SMILES string of the molecule is CCC1CC(N)=NN=C1c1c(Cl)cccc1Cl. The summed E-state index contributed by atoms with van der Waals surface area (Å²) in [4.78, 5) is 0. The summed E-state index contributed by atoms with van der Waals surface area (Å²) >= 11 is 12.4. The van der Waals surface area contributed by atoms with Crippen LogP contribution in [0.25, 0.3) is 0 Å². The highest BCUT2D eigenvalue weighted by Gasteiger charge is 2.24. The Morgan fingerprint density at radius 3 is 2.53 bits per heavy atom. The summed E-state index contributed by atoms with van der Waals surface area (Å²) in [5.74, 6) is 0.786. The van der Waals surface area contributed by atoms with Crippen molar-refractivity contribution in [3.63, 3.8) is 0 Å². The van der Waals surface area contributed by atoms with Crippen molar-refractivity contribution in [3.05, 3.63) is 33.8 Å². The Kier molecular flexibility index (Phi) is 3.69. The highest BCUT2D eigenvalue weighted by atomic mass is 35.5. The van der Waals surface area contributed by atoms with Crippen molar-refractivity contribution in [2.75, 3.05) is 0 Å². The first-order valence-corrected chi connectivity index (χ1v) is 6.23. The van der Waals surface area contributed by atoms with Crippen LogP contribution in [0.15, 0.2) is 28.4 Å². The summed E-state index contributed by atoms with van der Waals surface area (Å²) in [6.45, 7) is 2.09. The minimum absolute atomic E-state index is 0.227. The lowest BCUT2D eigenvalue weighted by molar-refractivity contribution is 0.677. The first-order valence-electron chi connectivity index (χ1n) is 5.47. The predicted octanol–water partition coefficient (Wildman–Crippen LogP) is 3.48. The van der Waals surface area contributed by atoms with Crippen LogP contribution in [-0.2, 0) is 0 Å². The van der Waals surface area contributed by atoms with E-state index in [1.54, 1.807) is 12.1 Å². The second kappa shape index (κ2) is 5.07. The highest BCUT2D eigenvalue weighted by Crippen LogP contribution is 2.30. The maximum Gasteiger partial charge on any atom is 0.123 e.